The molecule has 0 bridgehead atoms. The van der Waals surface area contributed by atoms with Crippen molar-refractivity contribution in [3.63, 3.8) is 0 Å². The Balaban J connectivity index is 1.80. The third-order valence-electron chi connectivity index (χ3n) is 3.89. The normalized spacial score (nSPS) is 18.6. The Labute approximate surface area is 117 Å². The van der Waals surface area contributed by atoms with Crippen molar-refractivity contribution in [2.24, 2.45) is 5.73 Å². The summed E-state index contributed by atoms with van der Waals surface area (Å²) in [5.74, 6) is -0.458. The molecule has 3 rings (SSSR count). The first-order valence-electron chi connectivity index (χ1n) is 6.79. The van der Waals surface area contributed by atoms with E-state index in [0.717, 1.165) is 17.3 Å². The Morgan fingerprint density at radius 2 is 2.05 bits per heavy atom. The van der Waals surface area contributed by atoms with Gasteiger partial charge in [0.2, 0.25) is 11.8 Å². The second kappa shape index (κ2) is 5.00. The monoisotopic (exact) mass is 271 g/mol. The molecule has 2 N–H and O–H groups in total. The lowest BCUT2D eigenvalue weighted by Gasteiger charge is -2.22. The summed E-state index contributed by atoms with van der Waals surface area (Å²) < 4.78 is 1.91. The van der Waals surface area contributed by atoms with E-state index in [4.69, 9.17) is 5.73 Å². The number of benzene rings is 1. The summed E-state index contributed by atoms with van der Waals surface area (Å²) in [6, 6.07) is 9.46. The number of nitrogens with two attached hydrogens (primary N) is 1. The Hall–Kier alpha value is -2.30. The van der Waals surface area contributed by atoms with E-state index in [1.807, 2.05) is 41.1 Å². The summed E-state index contributed by atoms with van der Waals surface area (Å²) in [6.45, 7) is 0.864. The second-order valence-corrected chi connectivity index (χ2v) is 5.15. The standard InChI is InChI=1S/C15H17N3O2/c16-15(20)13-6-3-8-18(13)14(19)10-17-9-7-11-4-1-2-5-12(11)17/h1-2,4-5,7,9,13H,3,6,8,10H2,(H2,16,20). The maximum atomic E-state index is 12.4. The lowest BCUT2D eigenvalue weighted by molar-refractivity contribution is -0.137. The van der Waals surface area contributed by atoms with Gasteiger partial charge >= 0.3 is 0 Å². The van der Waals surface area contributed by atoms with Crippen molar-refractivity contribution in [2.45, 2.75) is 25.4 Å². The first-order chi connectivity index (χ1) is 9.66. The third-order valence-corrected chi connectivity index (χ3v) is 3.89. The van der Waals surface area contributed by atoms with E-state index in [1.165, 1.54) is 0 Å². The van der Waals surface area contributed by atoms with E-state index >= 15 is 0 Å². The topological polar surface area (TPSA) is 68.3 Å². The van der Waals surface area contributed by atoms with Gasteiger partial charge in [-0.2, -0.15) is 0 Å². The molecule has 0 saturated carbocycles. The maximum absolute atomic E-state index is 12.4. The van der Waals surface area contributed by atoms with Crippen LogP contribution in [0.3, 0.4) is 0 Å². The average molecular weight is 271 g/mol. The number of aromatic nitrogens is 1. The molecule has 2 heterocycles. The molecule has 104 valence electrons. The fourth-order valence-electron chi connectivity index (χ4n) is 2.88. The number of carbonyl (C=O) groups excluding carboxylic acids is 2. The second-order valence-electron chi connectivity index (χ2n) is 5.15. The van der Waals surface area contributed by atoms with Crippen LogP contribution in [0.2, 0.25) is 0 Å². The molecule has 5 nitrogen and oxygen atoms in total. The van der Waals surface area contributed by atoms with Gasteiger partial charge in [0.15, 0.2) is 0 Å². The molecule has 5 heteroatoms. The molecule has 0 spiro atoms. The first kappa shape index (κ1) is 12.7. The molecule has 1 aromatic carbocycles. The zero-order valence-electron chi connectivity index (χ0n) is 11.2. The minimum Gasteiger partial charge on any atom is -0.368 e. The van der Waals surface area contributed by atoms with Crippen LogP contribution in [-0.2, 0) is 16.1 Å². The number of hydrogen-bond acceptors (Lipinski definition) is 2. The van der Waals surface area contributed by atoms with Crippen molar-refractivity contribution in [1.29, 1.82) is 0 Å². The largest absolute Gasteiger partial charge is 0.368 e. The Morgan fingerprint density at radius 3 is 2.85 bits per heavy atom. The van der Waals surface area contributed by atoms with Gasteiger partial charge in [0, 0.05) is 18.3 Å². The van der Waals surface area contributed by atoms with Gasteiger partial charge in [0.25, 0.3) is 0 Å². The number of carbonyl (C=O) groups is 2. The predicted molar refractivity (Wildman–Crippen MR) is 75.9 cm³/mol. The van der Waals surface area contributed by atoms with Gasteiger partial charge in [-0.1, -0.05) is 18.2 Å². The van der Waals surface area contributed by atoms with Gasteiger partial charge in [-0.25, -0.2) is 0 Å². The Morgan fingerprint density at radius 1 is 1.25 bits per heavy atom. The molecule has 1 aliphatic heterocycles. The van der Waals surface area contributed by atoms with E-state index in [9.17, 15) is 9.59 Å². The number of amides is 2. The summed E-state index contributed by atoms with van der Waals surface area (Å²) in [6.07, 6.45) is 3.41. The van der Waals surface area contributed by atoms with Crippen LogP contribution in [0.1, 0.15) is 12.8 Å². The highest BCUT2D eigenvalue weighted by Gasteiger charge is 2.32. The van der Waals surface area contributed by atoms with E-state index < -0.39 is 11.9 Å². The number of likely N-dealkylation sites (tertiary alicyclic amines) is 1. The fraction of sp³-hybridized carbons (Fsp3) is 0.333. The van der Waals surface area contributed by atoms with Crippen molar-refractivity contribution in [2.75, 3.05) is 6.54 Å². The van der Waals surface area contributed by atoms with Crippen molar-refractivity contribution in [3.8, 4) is 0 Å². The number of primary amides is 1. The molecule has 1 unspecified atom stereocenters. The molecule has 1 saturated heterocycles. The van der Waals surface area contributed by atoms with Gasteiger partial charge in [0.05, 0.1) is 0 Å². The number of fused-ring (bicyclic) bond motifs is 1. The molecule has 2 amide bonds. The quantitative estimate of drug-likeness (QED) is 0.908. The molecule has 0 aliphatic carbocycles. The van der Waals surface area contributed by atoms with Crippen molar-refractivity contribution in [3.05, 3.63) is 36.5 Å². The van der Waals surface area contributed by atoms with Gasteiger partial charge in [-0.15, -0.1) is 0 Å². The molecular weight excluding hydrogens is 254 g/mol. The SMILES string of the molecule is NC(=O)C1CCCN1C(=O)Cn1ccc2ccccc21. The van der Waals surface area contributed by atoms with E-state index in [1.54, 1.807) is 4.90 Å². The summed E-state index contributed by atoms with van der Waals surface area (Å²) >= 11 is 0. The fourth-order valence-corrected chi connectivity index (χ4v) is 2.88. The molecular formula is C15H17N3O2. The van der Waals surface area contributed by atoms with Crippen LogP contribution >= 0.6 is 0 Å². The number of rotatable bonds is 3. The molecule has 1 fully saturated rings. The maximum Gasteiger partial charge on any atom is 0.243 e. The lowest BCUT2D eigenvalue weighted by atomic mass is 10.2. The molecule has 1 aliphatic rings. The Kier molecular flexibility index (Phi) is 3.18. The molecule has 20 heavy (non-hydrogen) atoms. The van der Waals surface area contributed by atoms with Crippen LogP contribution < -0.4 is 5.73 Å². The summed E-state index contributed by atoms with van der Waals surface area (Å²) in [5.41, 5.74) is 6.37. The highest BCUT2D eigenvalue weighted by atomic mass is 16.2. The molecule has 1 aromatic heterocycles. The van der Waals surface area contributed by atoms with Crippen LogP contribution in [0.5, 0.6) is 0 Å². The number of nitrogens with zero attached hydrogens (tertiary/aromatic N) is 2. The van der Waals surface area contributed by atoms with Gasteiger partial charge in [-0.05, 0) is 30.4 Å². The third kappa shape index (κ3) is 2.15. The number of hydrogen-bond donors (Lipinski definition) is 1. The van der Waals surface area contributed by atoms with Crippen molar-refractivity contribution >= 4 is 22.7 Å². The Bertz CT molecular complexity index is 662. The molecule has 2 aromatic rings. The van der Waals surface area contributed by atoms with Crippen LogP contribution in [0.4, 0.5) is 0 Å². The minimum atomic E-state index is -0.440. The van der Waals surface area contributed by atoms with Crippen molar-refractivity contribution in [1.82, 2.24) is 9.47 Å². The summed E-state index contributed by atoms with van der Waals surface area (Å²) in [7, 11) is 0. The minimum absolute atomic E-state index is 0.0485. The summed E-state index contributed by atoms with van der Waals surface area (Å²) in [5, 5.41) is 1.10. The van der Waals surface area contributed by atoms with Gasteiger partial charge < -0.3 is 15.2 Å². The van der Waals surface area contributed by atoms with Crippen LogP contribution in [0, 0.1) is 0 Å². The predicted octanol–water partition coefficient (Wildman–Crippen LogP) is 1.12. The molecule has 1 atom stereocenters. The summed E-state index contributed by atoms with van der Waals surface area (Å²) in [4.78, 5) is 25.3. The zero-order chi connectivity index (χ0) is 14.1. The first-order valence-corrected chi connectivity index (χ1v) is 6.79. The van der Waals surface area contributed by atoms with E-state index in [2.05, 4.69) is 0 Å². The van der Waals surface area contributed by atoms with Crippen LogP contribution in [0.25, 0.3) is 10.9 Å². The average Bonchev–Trinajstić information content (AvgIpc) is 3.06. The highest BCUT2D eigenvalue weighted by Crippen LogP contribution is 2.19. The lowest BCUT2D eigenvalue weighted by Crippen LogP contribution is -2.44. The van der Waals surface area contributed by atoms with Crippen molar-refractivity contribution < 1.29 is 9.59 Å². The molecule has 0 radical (unpaired) electrons. The van der Waals surface area contributed by atoms with Gasteiger partial charge in [0.1, 0.15) is 12.6 Å². The highest BCUT2D eigenvalue weighted by molar-refractivity contribution is 5.88. The zero-order valence-corrected chi connectivity index (χ0v) is 11.2. The smallest absolute Gasteiger partial charge is 0.243 e. The van der Waals surface area contributed by atoms with E-state index in [0.29, 0.717) is 13.0 Å². The van der Waals surface area contributed by atoms with E-state index in [-0.39, 0.29) is 12.5 Å². The van der Waals surface area contributed by atoms with Gasteiger partial charge in [-0.3, -0.25) is 9.59 Å². The van der Waals surface area contributed by atoms with Crippen LogP contribution in [-0.4, -0.2) is 33.9 Å². The van der Waals surface area contributed by atoms with Crippen LogP contribution in [0.15, 0.2) is 36.5 Å². The number of para-hydroxylation sites is 1.